The summed E-state index contributed by atoms with van der Waals surface area (Å²) in [4.78, 5) is 11.9. The summed E-state index contributed by atoms with van der Waals surface area (Å²) in [6.45, 7) is 0. The SMILES string of the molecule is [B]Cc1ccc(C(=O)OC(CS(=O)(=O)O)C(F)(F)F)c(OC)c1. The van der Waals surface area contributed by atoms with E-state index in [9.17, 15) is 26.4 Å². The van der Waals surface area contributed by atoms with Crippen molar-refractivity contribution in [2.45, 2.75) is 18.6 Å². The first kappa shape index (κ1) is 19.3. The van der Waals surface area contributed by atoms with E-state index in [0.29, 0.717) is 5.56 Å². The van der Waals surface area contributed by atoms with Crippen LogP contribution in [0, 0.1) is 0 Å². The molecule has 0 bridgehead atoms. The fourth-order valence-electron chi connectivity index (χ4n) is 1.61. The van der Waals surface area contributed by atoms with E-state index in [0.717, 1.165) is 6.07 Å². The Hall–Kier alpha value is -1.75. The molecule has 0 saturated carbocycles. The molecular formula is C12H12BF3O6S. The van der Waals surface area contributed by atoms with Gasteiger partial charge in [0.25, 0.3) is 10.1 Å². The van der Waals surface area contributed by atoms with Crippen LogP contribution in [-0.4, -0.2) is 51.9 Å². The van der Waals surface area contributed by atoms with Gasteiger partial charge in [0.05, 0.1) is 15.0 Å². The Morgan fingerprint density at radius 3 is 2.43 bits per heavy atom. The van der Waals surface area contributed by atoms with Crippen molar-refractivity contribution in [3.63, 3.8) is 0 Å². The number of alkyl halides is 3. The molecule has 2 radical (unpaired) electrons. The molecule has 126 valence electrons. The lowest BCUT2D eigenvalue weighted by Gasteiger charge is -2.20. The highest BCUT2D eigenvalue weighted by Crippen LogP contribution is 2.27. The first-order valence-electron chi connectivity index (χ1n) is 6.07. The minimum atomic E-state index is -5.17. The summed E-state index contributed by atoms with van der Waals surface area (Å²) >= 11 is 0. The molecule has 1 unspecified atom stereocenters. The number of carbonyl (C=O) groups excluding carboxylic acids is 1. The molecule has 0 heterocycles. The second kappa shape index (κ2) is 7.22. The van der Waals surface area contributed by atoms with Gasteiger partial charge in [-0.15, -0.1) is 0 Å². The van der Waals surface area contributed by atoms with Crippen molar-refractivity contribution >= 4 is 23.9 Å². The maximum absolute atomic E-state index is 12.7. The third kappa shape index (κ3) is 5.75. The Morgan fingerprint density at radius 2 is 2.00 bits per heavy atom. The van der Waals surface area contributed by atoms with Crippen LogP contribution in [0.2, 0.25) is 0 Å². The van der Waals surface area contributed by atoms with Gasteiger partial charge in [-0.1, -0.05) is 17.9 Å². The van der Waals surface area contributed by atoms with Gasteiger partial charge in [-0.2, -0.15) is 21.6 Å². The minimum absolute atomic E-state index is 0.0780. The Labute approximate surface area is 131 Å². The van der Waals surface area contributed by atoms with Crippen molar-refractivity contribution in [3.05, 3.63) is 29.3 Å². The standard InChI is InChI=1S/C12H12BF3O6S/c1-21-9-4-7(5-13)2-3-8(9)11(17)22-10(12(14,15)16)6-23(18,19)20/h2-4,10H,5-6H2,1H3,(H,18,19,20). The minimum Gasteiger partial charge on any atom is -0.496 e. The smallest absolute Gasteiger partial charge is 0.426 e. The third-order valence-electron chi connectivity index (χ3n) is 2.70. The van der Waals surface area contributed by atoms with Crippen molar-refractivity contribution in [2.75, 3.05) is 12.9 Å². The van der Waals surface area contributed by atoms with Gasteiger partial charge in [-0.3, -0.25) is 4.55 Å². The number of benzene rings is 1. The molecule has 1 aromatic rings. The highest BCUT2D eigenvalue weighted by atomic mass is 32.2. The molecule has 1 N–H and O–H groups in total. The van der Waals surface area contributed by atoms with E-state index in [4.69, 9.17) is 17.1 Å². The van der Waals surface area contributed by atoms with Crippen molar-refractivity contribution in [3.8, 4) is 5.75 Å². The predicted octanol–water partition coefficient (Wildman–Crippen LogP) is 1.34. The van der Waals surface area contributed by atoms with Crippen LogP contribution in [0.15, 0.2) is 18.2 Å². The van der Waals surface area contributed by atoms with Crippen molar-refractivity contribution in [1.29, 1.82) is 0 Å². The average Bonchev–Trinajstić information content (AvgIpc) is 2.43. The van der Waals surface area contributed by atoms with E-state index in [1.807, 2.05) is 0 Å². The highest BCUT2D eigenvalue weighted by Gasteiger charge is 2.45. The summed E-state index contributed by atoms with van der Waals surface area (Å²) in [7, 11) is 1.57. The van der Waals surface area contributed by atoms with E-state index in [1.165, 1.54) is 19.2 Å². The van der Waals surface area contributed by atoms with Crippen LogP contribution in [0.25, 0.3) is 0 Å². The predicted molar refractivity (Wildman–Crippen MR) is 74.1 cm³/mol. The zero-order valence-corrected chi connectivity index (χ0v) is 12.6. The Morgan fingerprint density at radius 1 is 1.39 bits per heavy atom. The van der Waals surface area contributed by atoms with E-state index in [1.54, 1.807) is 0 Å². The summed E-state index contributed by atoms with van der Waals surface area (Å²) < 4.78 is 77.1. The lowest BCUT2D eigenvalue weighted by atomic mass is 9.96. The number of methoxy groups -OCH3 is 1. The molecule has 0 saturated heterocycles. The van der Waals surface area contributed by atoms with Crippen molar-refractivity contribution < 1.29 is 40.4 Å². The van der Waals surface area contributed by atoms with Crippen LogP contribution in [0.3, 0.4) is 0 Å². The number of hydrogen-bond donors (Lipinski definition) is 1. The molecule has 0 spiro atoms. The lowest BCUT2D eigenvalue weighted by molar-refractivity contribution is -0.197. The van der Waals surface area contributed by atoms with Crippen LogP contribution in [-0.2, 0) is 21.2 Å². The molecule has 1 rings (SSSR count). The summed E-state index contributed by atoms with van der Waals surface area (Å²) in [5.74, 6) is -3.33. The first-order valence-corrected chi connectivity index (χ1v) is 7.68. The van der Waals surface area contributed by atoms with Crippen LogP contribution in [0.1, 0.15) is 15.9 Å². The van der Waals surface area contributed by atoms with Crippen molar-refractivity contribution in [2.24, 2.45) is 0 Å². The fourth-order valence-corrected chi connectivity index (χ4v) is 2.25. The van der Waals surface area contributed by atoms with Crippen LogP contribution in [0.5, 0.6) is 5.75 Å². The quantitative estimate of drug-likeness (QED) is 0.472. The number of hydrogen-bond acceptors (Lipinski definition) is 5. The van der Waals surface area contributed by atoms with Gasteiger partial charge >= 0.3 is 12.1 Å². The van der Waals surface area contributed by atoms with Gasteiger partial charge < -0.3 is 9.47 Å². The van der Waals surface area contributed by atoms with E-state index >= 15 is 0 Å². The van der Waals surface area contributed by atoms with Gasteiger partial charge in [0.15, 0.2) is 0 Å². The number of rotatable bonds is 6. The summed E-state index contributed by atoms with van der Waals surface area (Å²) in [6.07, 6.45) is -8.07. The van der Waals surface area contributed by atoms with Crippen LogP contribution < -0.4 is 4.74 Å². The topological polar surface area (TPSA) is 89.9 Å². The Bertz CT molecular complexity index is 674. The average molecular weight is 352 g/mol. The maximum Gasteiger partial charge on any atom is 0.426 e. The largest absolute Gasteiger partial charge is 0.496 e. The number of esters is 1. The maximum atomic E-state index is 12.7. The Kier molecular flexibility index (Phi) is 6.06. The highest BCUT2D eigenvalue weighted by molar-refractivity contribution is 7.85. The van der Waals surface area contributed by atoms with E-state index < -0.39 is 34.1 Å². The van der Waals surface area contributed by atoms with Gasteiger partial charge in [0.1, 0.15) is 17.1 Å². The summed E-state index contributed by atoms with van der Waals surface area (Å²) in [6, 6.07) is 3.86. The molecule has 23 heavy (non-hydrogen) atoms. The van der Waals surface area contributed by atoms with E-state index in [-0.39, 0.29) is 17.6 Å². The fraction of sp³-hybridized carbons (Fsp3) is 0.417. The second-order valence-electron chi connectivity index (χ2n) is 4.42. The first-order chi connectivity index (χ1) is 10.5. The van der Waals surface area contributed by atoms with Gasteiger partial charge in [-0.25, -0.2) is 4.79 Å². The molecule has 0 amide bonds. The molecule has 0 aliphatic rings. The normalized spacial score (nSPS) is 13.4. The third-order valence-corrected chi connectivity index (χ3v) is 3.42. The zero-order valence-electron chi connectivity index (χ0n) is 11.8. The van der Waals surface area contributed by atoms with Gasteiger partial charge in [0.2, 0.25) is 6.10 Å². The molecule has 0 aliphatic carbocycles. The second-order valence-corrected chi connectivity index (χ2v) is 5.92. The monoisotopic (exact) mass is 352 g/mol. The Balaban J connectivity index is 3.08. The molecule has 1 atom stereocenters. The number of ether oxygens (including phenoxy) is 2. The zero-order chi connectivity index (χ0) is 17.8. The molecule has 0 aromatic heterocycles. The molecule has 0 fully saturated rings. The number of halogens is 3. The molecule has 6 nitrogen and oxygen atoms in total. The van der Waals surface area contributed by atoms with Crippen LogP contribution in [0.4, 0.5) is 13.2 Å². The summed E-state index contributed by atoms with van der Waals surface area (Å²) in [5.41, 5.74) is 0.220. The lowest BCUT2D eigenvalue weighted by Crippen LogP contribution is -2.39. The molecule has 11 heteroatoms. The van der Waals surface area contributed by atoms with Crippen LogP contribution >= 0.6 is 0 Å². The van der Waals surface area contributed by atoms with Gasteiger partial charge in [0, 0.05) is 0 Å². The molecule has 0 aliphatic heterocycles. The molecule has 1 aromatic carbocycles. The van der Waals surface area contributed by atoms with Gasteiger partial charge in [-0.05, 0) is 12.1 Å². The summed E-state index contributed by atoms with van der Waals surface area (Å²) in [5, 5.41) is 0. The van der Waals surface area contributed by atoms with E-state index in [2.05, 4.69) is 4.74 Å². The van der Waals surface area contributed by atoms with Crippen molar-refractivity contribution in [1.82, 2.24) is 0 Å². The molecular weight excluding hydrogens is 340 g/mol. The number of carbonyl (C=O) groups is 1.